The van der Waals surface area contributed by atoms with Crippen LogP contribution in [0, 0.1) is 5.92 Å². The monoisotopic (exact) mass is 462 g/mol. The first-order valence-corrected chi connectivity index (χ1v) is 12.4. The van der Waals surface area contributed by atoms with Crippen LogP contribution in [0.3, 0.4) is 0 Å². The minimum absolute atomic E-state index is 0.178. The van der Waals surface area contributed by atoms with E-state index in [-0.39, 0.29) is 6.42 Å². The van der Waals surface area contributed by atoms with Crippen molar-refractivity contribution >= 4 is 11.9 Å². The molecular weight excluding hydrogens is 416 g/mol. The van der Waals surface area contributed by atoms with Gasteiger partial charge in [-0.2, -0.15) is 0 Å². The molecule has 0 radical (unpaired) electrons. The maximum absolute atomic E-state index is 12.2. The van der Waals surface area contributed by atoms with Crippen LogP contribution < -0.4 is 0 Å². The van der Waals surface area contributed by atoms with Gasteiger partial charge in [0.05, 0.1) is 25.2 Å². The summed E-state index contributed by atoms with van der Waals surface area (Å²) < 4.78 is 4.51. The second kappa shape index (κ2) is 20.5. The van der Waals surface area contributed by atoms with Gasteiger partial charge in [-0.1, -0.05) is 96.8 Å². The predicted molar refractivity (Wildman–Crippen MR) is 122 cm³/mol. The lowest BCUT2D eigenvalue weighted by Gasteiger charge is -2.24. The van der Waals surface area contributed by atoms with E-state index in [0.717, 1.165) is 19.3 Å². The fraction of sp³-hybridized carbons (Fsp3) is 0.917. The molecule has 0 fully saturated rings. The summed E-state index contributed by atoms with van der Waals surface area (Å²) in [5, 5.41) is 46.8. The van der Waals surface area contributed by atoms with Gasteiger partial charge in [0.25, 0.3) is 0 Å². The summed E-state index contributed by atoms with van der Waals surface area (Å²) in [6, 6.07) is 0. The van der Waals surface area contributed by atoms with Gasteiger partial charge in [-0.15, -0.1) is 0 Å². The molecule has 8 nitrogen and oxygen atoms in total. The number of hydrogen-bond donors (Lipinski definition) is 5. The SMILES string of the molecule is CCCCCCCCCCCCCCCCC(C(=O)OC(=O)C(O)CO)C(O)C(O)CO. The number of esters is 2. The van der Waals surface area contributed by atoms with Crippen molar-refractivity contribution in [3.8, 4) is 0 Å². The van der Waals surface area contributed by atoms with Crippen molar-refractivity contribution < 1.29 is 39.9 Å². The molecule has 32 heavy (non-hydrogen) atoms. The number of carbonyl (C=O) groups is 2. The summed E-state index contributed by atoms with van der Waals surface area (Å²) in [6.45, 7) is 0.598. The smallest absolute Gasteiger partial charge is 0.345 e. The van der Waals surface area contributed by atoms with Gasteiger partial charge < -0.3 is 30.3 Å². The molecule has 0 aromatic carbocycles. The molecule has 0 aromatic rings. The molecule has 8 heteroatoms. The summed E-state index contributed by atoms with van der Waals surface area (Å²) in [6.07, 6.45) is 11.6. The van der Waals surface area contributed by atoms with Crippen molar-refractivity contribution in [3.05, 3.63) is 0 Å². The van der Waals surface area contributed by atoms with Crippen LogP contribution >= 0.6 is 0 Å². The third kappa shape index (κ3) is 14.9. The van der Waals surface area contributed by atoms with E-state index in [0.29, 0.717) is 6.42 Å². The van der Waals surface area contributed by atoms with Crippen LogP contribution in [0.1, 0.15) is 103 Å². The maximum Gasteiger partial charge on any atom is 0.345 e. The van der Waals surface area contributed by atoms with Crippen LogP contribution in [-0.2, 0) is 14.3 Å². The van der Waals surface area contributed by atoms with Crippen LogP contribution in [0.5, 0.6) is 0 Å². The molecule has 0 aromatic heterocycles. The molecule has 0 saturated carbocycles. The lowest BCUT2D eigenvalue weighted by molar-refractivity contribution is -0.174. The molecule has 0 heterocycles. The van der Waals surface area contributed by atoms with Gasteiger partial charge in [0.2, 0.25) is 0 Å². The highest BCUT2D eigenvalue weighted by Gasteiger charge is 2.34. The number of unbranched alkanes of at least 4 members (excludes halogenated alkanes) is 13. The lowest BCUT2D eigenvalue weighted by Crippen LogP contribution is -2.42. The van der Waals surface area contributed by atoms with Crippen molar-refractivity contribution in [2.75, 3.05) is 13.2 Å². The molecule has 0 aliphatic carbocycles. The molecule has 0 rings (SSSR count). The summed E-state index contributed by atoms with van der Waals surface area (Å²) in [7, 11) is 0. The van der Waals surface area contributed by atoms with Gasteiger partial charge in [-0.25, -0.2) is 4.79 Å². The van der Waals surface area contributed by atoms with E-state index < -0.39 is 49.4 Å². The topological polar surface area (TPSA) is 145 Å². The predicted octanol–water partition coefficient (Wildman–Crippen LogP) is 2.61. The fourth-order valence-electron chi connectivity index (χ4n) is 3.68. The molecule has 0 bridgehead atoms. The second-order valence-corrected chi connectivity index (χ2v) is 8.67. The maximum atomic E-state index is 12.2. The zero-order chi connectivity index (χ0) is 24.2. The normalized spacial score (nSPS) is 15.2. The Hall–Kier alpha value is -1.06. The fourth-order valence-corrected chi connectivity index (χ4v) is 3.68. The molecule has 0 saturated heterocycles. The van der Waals surface area contributed by atoms with Crippen LogP contribution in [-0.4, -0.2) is 69.0 Å². The standard InChI is InChI=1S/C24H46O8/c1-2-3-4-5-6-7-8-9-10-11-12-13-14-15-16-19(22(29)20(27)17-25)23(30)32-24(31)21(28)18-26/h19-22,25-29H,2-18H2,1H3. The second-order valence-electron chi connectivity index (χ2n) is 8.67. The van der Waals surface area contributed by atoms with Gasteiger partial charge in [-0.3, -0.25) is 4.79 Å². The summed E-state index contributed by atoms with van der Waals surface area (Å²) >= 11 is 0. The van der Waals surface area contributed by atoms with Crippen molar-refractivity contribution in [2.45, 2.75) is 122 Å². The van der Waals surface area contributed by atoms with Crippen molar-refractivity contribution in [1.82, 2.24) is 0 Å². The number of rotatable bonds is 21. The molecular formula is C24H46O8. The van der Waals surface area contributed by atoms with E-state index in [4.69, 9.17) is 10.2 Å². The first-order valence-electron chi connectivity index (χ1n) is 12.4. The highest BCUT2D eigenvalue weighted by Crippen LogP contribution is 2.20. The zero-order valence-corrected chi connectivity index (χ0v) is 19.8. The molecule has 0 amide bonds. The molecule has 4 atom stereocenters. The average molecular weight is 463 g/mol. The molecule has 0 spiro atoms. The van der Waals surface area contributed by atoms with E-state index >= 15 is 0 Å². The minimum atomic E-state index is -1.85. The van der Waals surface area contributed by atoms with Gasteiger partial charge in [0.1, 0.15) is 6.10 Å². The van der Waals surface area contributed by atoms with Crippen molar-refractivity contribution in [1.29, 1.82) is 0 Å². The van der Waals surface area contributed by atoms with E-state index in [1.54, 1.807) is 0 Å². The Morgan fingerprint density at radius 3 is 1.50 bits per heavy atom. The van der Waals surface area contributed by atoms with Crippen LogP contribution in [0.2, 0.25) is 0 Å². The van der Waals surface area contributed by atoms with E-state index in [1.807, 2.05) is 0 Å². The molecule has 4 unspecified atom stereocenters. The molecule has 5 N–H and O–H groups in total. The third-order valence-corrected chi connectivity index (χ3v) is 5.81. The van der Waals surface area contributed by atoms with Crippen molar-refractivity contribution in [3.63, 3.8) is 0 Å². The Balaban J connectivity index is 4.07. The van der Waals surface area contributed by atoms with Gasteiger partial charge in [0.15, 0.2) is 6.10 Å². The van der Waals surface area contributed by atoms with Crippen LogP contribution in [0.25, 0.3) is 0 Å². The number of ether oxygens (including phenoxy) is 1. The molecule has 190 valence electrons. The number of aliphatic hydroxyl groups is 5. The van der Waals surface area contributed by atoms with E-state index in [9.17, 15) is 24.9 Å². The van der Waals surface area contributed by atoms with E-state index in [1.165, 1.54) is 64.2 Å². The number of hydrogen-bond acceptors (Lipinski definition) is 8. The molecule has 0 aliphatic heterocycles. The quantitative estimate of drug-likeness (QED) is 0.0994. The van der Waals surface area contributed by atoms with Crippen LogP contribution in [0.15, 0.2) is 0 Å². The third-order valence-electron chi connectivity index (χ3n) is 5.81. The number of carbonyl (C=O) groups excluding carboxylic acids is 2. The Morgan fingerprint density at radius 1 is 0.656 bits per heavy atom. The first-order chi connectivity index (χ1) is 15.4. The van der Waals surface area contributed by atoms with Crippen LogP contribution in [0.4, 0.5) is 0 Å². The number of aliphatic hydroxyl groups excluding tert-OH is 5. The van der Waals surface area contributed by atoms with Gasteiger partial charge >= 0.3 is 11.9 Å². The summed E-state index contributed by atoms with van der Waals surface area (Å²) in [5.41, 5.74) is 0. The average Bonchev–Trinajstić information content (AvgIpc) is 2.79. The minimum Gasteiger partial charge on any atom is -0.394 e. The highest BCUT2D eigenvalue weighted by molar-refractivity contribution is 5.89. The van der Waals surface area contributed by atoms with Crippen molar-refractivity contribution in [2.24, 2.45) is 5.92 Å². The zero-order valence-electron chi connectivity index (χ0n) is 19.8. The Kier molecular flexibility index (Phi) is 19.9. The van der Waals surface area contributed by atoms with E-state index in [2.05, 4.69) is 11.7 Å². The Morgan fingerprint density at radius 2 is 1.09 bits per heavy atom. The molecule has 0 aliphatic rings. The summed E-state index contributed by atoms with van der Waals surface area (Å²) in [5.74, 6) is -3.60. The van der Waals surface area contributed by atoms with Gasteiger partial charge in [-0.05, 0) is 6.42 Å². The summed E-state index contributed by atoms with van der Waals surface area (Å²) in [4.78, 5) is 23.7. The van der Waals surface area contributed by atoms with Gasteiger partial charge in [0, 0.05) is 0 Å². The Labute approximate surface area is 193 Å². The first kappa shape index (κ1) is 30.9. The largest absolute Gasteiger partial charge is 0.394 e. The lowest BCUT2D eigenvalue weighted by atomic mass is 9.92. The highest BCUT2D eigenvalue weighted by atomic mass is 16.6. The Bertz CT molecular complexity index is 471.